The molecular weight excluding hydrogens is 438 g/mol. The highest BCUT2D eigenvalue weighted by molar-refractivity contribution is 7.23. The minimum Gasteiger partial charge on any atom is -0.495 e. The zero-order chi connectivity index (χ0) is 22.0. The van der Waals surface area contributed by atoms with Crippen molar-refractivity contribution >= 4 is 48.9 Å². The van der Waals surface area contributed by atoms with Gasteiger partial charge in [-0.15, -0.1) is 0 Å². The number of benzene rings is 2. The summed E-state index contributed by atoms with van der Waals surface area (Å²) in [6.07, 6.45) is 0. The van der Waals surface area contributed by atoms with Gasteiger partial charge in [0, 0.05) is 6.07 Å². The Morgan fingerprint density at radius 1 is 1.03 bits per heavy atom. The molecule has 1 amide bonds. The van der Waals surface area contributed by atoms with Gasteiger partial charge in [-0.25, -0.2) is 4.98 Å². The second-order valence-corrected chi connectivity index (χ2v) is 8.46. The fraction of sp³-hybridized carbons (Fsp3) is 0.143. The number of carbonyl (C=O) groups is 1. The first-order valence-corrected chi connectivity index (χ1v) is 10.8. The average molecular weight is 456 g/mol. The number of methoxy groups -OCH3 is 2. The molecule has 4 aromatic rings. The third-order valence-corrected chi connectivity index (χ3v) is 6.66. The highest BCUT2D eigenvalue weighted by Crippen LogP contribution is 2.41. The quantitative estimate of drug-likeness (QED) is 0.283. The molecule has 0 fully saturated rings. The van der Waals surface area contributed by atoms with Gasteiger partial charge in [-0.2, -0.15) is 0 Å². The summed E-state index contributed by atoms with van der Waals surface area (Å²) >= 11 is 2.14. The molecule has 0 aliphatic heterocycles. The van der Waals surface area contributed by atoms with E-state index >= 15 is 0 Å². The molecule has 2 heterocycles. The fourth-order valence-corrected chi connectivity index (χ4v) is 4.90. The van der Waals surface area contributed by atoms with E-state index in [0.29, 0.717) is 22.1 Å². The average Bonchev–Trinajstić information content (AvgIpc) is 3.45. The summed E-state index contributed by atoms with van der Waals surface area (Å²) in [6, 6.07) is 15.8. The molecule has 0 unspecified atom stereocenters. The molecule has 31 heavy (non-hydrogen) atoms. The number of nitro groups is 1. The number of rotatable bonds is 7. The van der Waals surface area contributed by atoms with E-state index in [4.69, 9.17) is 9.47 Å². The zero-order valence-corrected chi connectivity index (χ0v) is 18.2. The Bertz CT molecular complexity index is 1210. The van der Waals surface area contributed by atoms with Gasteiger partial charge >= 0.3 is 5.00 Å². The number of nitrogens with zero attached hydrogens (tertiary/aromatic N) is 3. The maximum absolute atomic E-state index is 13.4. The van der Waals surface area contributed by atoms with Crippen molar-refractivity contribution in [3.63, 3.8) is 0 Å². The minimum atomic E-state index is -0.504. The number of anilines is 1. The largest absolute Gasteiger partial charge is 0.495 e. The number of thiazole rings is 1. The lowest BCUT2D eigenvalue weighted by molar-refractivity contribution is -0.380. The fourth-order valence-electron chi connectivity index (χ4n) is 3.06. The molecule has 0 N–H and O–H groups in total. The molecule has 0 radical (unpaired) electrons. The Morgan fingerprint density at radius 2 is 1.74 bits per heavy atom. The van der Waals surface area contributed by atoms with E-state index in [1.165, 1.54) is 28.4 Å². The molecule has 2 aromatic heterocycles. The van der Waals surface area contributed by atoms with Gasteiger partial charge in [0.25, 0.3) is 5.91 Å². The monoisotopic (exact) mass is 455 g/mol. The minimum absolute atomic E-state index is 0.0874. The number of thiophene rings is 1. The van der Waals surface area contributed by atoms with Gasteiger partial charge < -0.3 is 9.47 Å². The van der Waals surface area contributed by atoms with Gasteiger partial charge in [0.15, 0.2) is 5.13 Å². The molecule has 0 atom stereocenters. The van der Waals surface area contributed by atoms with Crippen LogP contribution in [0.4, 0.5) is 10.1 Å². The van der Waals surface area contributed by atoms with Crippen LogP contribution in [0.1, 0.15) is 15.2 Å². The molecule has 4 rings (SSSR count). The van der Waals surface area contributed by atoms with E-state index in [2.05, 4.69) is 4.98 Å². The second-order valence-electron chi connectivity index (χ2n) is 6.42. The van der Waals surface area contributed by atoms with Crippen LogP contribution in [0.25, 0.3) is 10.2 Å². The van der Waals surface area contributed by atoms with Crippen LogP contribution in [0, 0.1) is 10.1 Å². The molecule has 2 aromatic carbocycles. The number of carbonyl (C=O) groups excluding carboxylic acids is 1. The summed E-state index contributed by atoms with van der Waals surface area (Å²) in [5.74, 6) is 0.828. The Balaban J connectivity index is 1.82. The lowest BCUT2D eigenvalue weighted by Crippen LogP contribution is -2.29. The van der Waals surface area contributed by atoms with Crippen LogP contribution in [-0.4, -0.2) is 30.0 Å². The van der Waals surface area contributed by atoms with Crippen LogP contribution in [0.2, 0.25) is 0 Å². The molecule has 0 spiro atoms. The van der Waals surface area contributed by atoms with Gasteiger partial charge in [-0.1, -0.05) is 53.0 Å². The van der Waals surface area contributed by atoms with E-state index in [1.807, 2.05) is 30.3 Å². The van der Waals surface area contributed by atoms with Gasteiger partial charge in [-0.05, 0) is 23.8 Å². The van der Waals surface area contributed by atoms with Crippen molar-refractivity contribution in [2.75, 3.05) is 19.1 Å². The van der Waals surface area contributed by atoms with E-state index in [9.17, 15) is 14.9 Å². The van der Waals surface area contributed by atoms with Crippen LogP contribution >= 0.6 is 22.7 Å². The van der Waals surface area contributed by atoms with Crippen molar-refractivity contribution < 1.29 is 19.2 Å². The molecule has 158 valence electrons. The molecule has 0 aliphatic carbocycles. The molecule has 0 aliphatic rings. The van der Waals surface area contributed by atoms with Crippen molar-refractivity contribution in [2.24, 2.45) is 0 Å². The predicted octanol–water partition coefficient (Wildman–Crippen LogP) is 5.13. The highest BCUT2D eigenvalue weighted by atomic mass is 32.1. The van der Waals surface area contributed by atoms with Crippen molar-refractivity contribution in [2.45, 2.75) is 6.54 Å². The molecular formula is C21H17N3O5S2. The van der Waals surface area contributed by atoms with Crippen LogP contribution in [0.15, 0.2) is 54.6 Å². The van der Waals surface area contributed by atoms with E-state index in [1.54, 1.807) is 26.4 Å². The van der Waals surface area contributed by atoms with Crippen LogP contribution in [-0.2, 0) is 6.54 Å². The number of ether oxygens (including phenoxy) is 2. The molecule has 0 saturated heterocycles. The van der Waals surface area contributed by atoms with Crippen molar-refractivity contribution in [1.82, 2.24) is 4.98 Å². The Hall–Kier alpha value is -3.50. The SMILES string of the molecule is COc1ccc(OC)c2sc(N(Cc3ccccc3)C(=O)c3ccc([N+](=O)[O-])s3)nc12. The van der Waals surface area contributed by atoms with Crippen molar-refractivity contribution in [3.05, 3.63) is 75.2 Å². The highest BCUT2D eigenvalue weighted by Gasteiger charge is 2.26. The summed E-state index contributed by atoms with van der Waals surface area (Å²) in [7, 11) is 3.12. The van der Waals surface area contributed by atoms with Crippen LogP contribution in [0.5, 0.6) is 11.5 Å². The Morgan fingerprint density at radius 3 is 2.39 bits per heavy atom. The van der Waals surface area contributed by atoms with Crippen LogP contribution in [0.3, 0.4) is 0 Å². The maximum atomic E-state index is 13.4. The molecule has 10 heteroatoms. The summed E-state index contributed by atoms with van der Waals surface area (Å²) < 4.78 is 11.6. The first kappa shape index (κ1) is 20.8. The summed E-state index contributed by atoms with van der Waals surface area (Å²) in [4.78, 5) is 30.4. The number of fused-ring (bicyclic) bond motifs is 1. The Labute approximate surface area is 185 Å². The topological polar surface area (TPSA) is 94.8 Å². The van der Waals surface area contributed by atoms with Gasteiger partial charge in [0.05, 0.1) is 30.6 Å². The number of aromatic nitrogens is 1. The first-order chi connectivity index (χ1) is 15.0. The molecule has 8 nitrogen and oxygen atoms in total. The van der Waals surface area contributed by atoms with E-state index < -0.39 is 4.92 Å². The lowest BCUT2D eigenvalue weighted by Gasteiger charge is -2.19. The summed E-state index contributed by atoms with van der Waals surface area (Å²) in [5.41, 5.74) is 1.49. The third-order valence-electron chi connectivity index (χ3n) is 4.54. The van der Waals surface area contributed by atoms with Crippen molar-refractivity contribution in [1.29, 1.82) is 0 Å². The number of hydrogen-bond acceptors (Lipinski definition) is 8. The summed E-state index contributed by atoms with van der Waals surface area (Å²) in [5, 5.41) is 11.4. The summed E-state index contributed by atoms with van der Waals surface area (Å²) in [6.45, 7) is 0.260. The first-order valence-electron chi connectivity index (χ1n) is 9.13. The maximum Gasteiger partial charge on any atom is 0.324 e. The normalized spacial score (nSPS) is 10.8. The van der Waals surface area contributed by atoms with E-state index in [-0.39, 0.29) is 22.3 Å². The zero-order valence-electron chi connectivity index (χ0n) is 16.6. The van der Waals surface area contributed by atoms with E-state index in [0.717, 1.165) is 21.6 Å². The predicted molar refractivity (Wildman–Crippen MR) is 121 cm³/mol. The Kier molecular flexibility index (Phi) is 5.83. The van der Waals surface area contributed by atoms with Gasteiger partial charge in [-0.3, -0.25) is 19.8 Å². The lowest BCUT2D eigenvalue weighted by atomic mass is 10.2. The third kappa shape index (κ3) is 4.07. The molecule has 0 bridgehead atoms. The number of amides is 1. The second kappa shape index (κ2) is 8.70. The standard InChI is InChI=1S/C21H17N3O5S2/c1-28-14-8-9-15(29-2)19-18(14)22-21(31-19)23(12-13-6-4-3-5-7-13)20(25)16-10-11-17(30-16)24(26)27/h3-11H,12H2,1-2H3. The molecule has 0 saturated carbocycles. The van der Waals surface area contributed by atoms with Gasteiger partial charge in [0.1, 0.15) is 21.7 Å². The smallest absolute Gasteiger partial charge is 0.324 e. The van der Waals surface area contributed by atoms with Crippen LogP contribution < -0.4 is 14.4 Å². The number of hydrogen-bond donors (Lipinski definition) is 0. The van der Waals surface area contributed by atoms with Crippen molar-refractivity contribution in [3.8, 4) is 11.5 Å². The van der Waals surface area contributed by atoms with Gasteiger partial charge in [0.2, 0.25) is 0 Å².